The zero-order valence-electron chi connectivity index (χ0n) is 17.5. The maximum Gasteiger partial charge on any atom is 0.193 e. The number of aromatic nitrogens is 2. The number of aliphatic imine (C=N–C) groups is 1. The molecule has 1 fully saturated rings. The normalized spacial score (nSPS) is 16.1. The fourth-order valence-corrected chi connectivity index (χ4v) is 3.42. The number of rotatable bonds is 10. The molecule has 2 heterocycles. The summed E-state index contributed by atoms with van der Waals surface area (Å²) in [6, 6.07) is 2.12. The topological polar surface area (TPSA) is 63.9 Å². The van der Waals surface area contributed by atoms with E-state index in [2.05, 4.69) is 39.9 Å². The average molecular weight is 380 g/mol. The maximum absolute atomic E-state index is 5.96. The molecule has 0 aliphatic carbocycles. The Balaban J connectivity index is 1.74. The van der Waals surface area contributed by atoms with Gasteiger partial charge in [-0.15, -0.1) is 0 Å². The Hall–Kier alpha value is -1.60. The highest BCUT2D eigenvalue weighted by molar-refractivity contribution is 5.80. The average Bonchev–Trinajstić information content (AvgIpc) is 2.99. The third kappa shape index (κ3) is 7.50. The molecule has 0 spiro atoms. The molecule has 0 unspecified atom stereocenters. The van der Waals surface area contributed by atoms with Gasteiger partial charge in [0.2, 0.25) is 0 Å². The lowest BCUT2D eigenvalue weighted by Crippen LogP contribution is -2.47. The van der Waals surface area contributed by atoms with Gasteiger partial charge in [-0.25, -0.2) is 0 Å². The number of nitrogens with one attached hydrogen (secondary N) is 1. The molecule has 0 radical (unpaired) electrons. The van der Waals surface area contributed by atoms with Gasteiger partial charge in [-0.3, -0.25) is 9.67 Å². The molecule has 1 aliphatic rings. The highest BCUT2D eigenvalue weighted by atomic mass is 16.5. The van der Waals surface area contributed by atoms with Gasteiger partial charge in [-0.2, -0.15) is 5.10 Å². The van der Waals surface area contributed by atoms with Crippen LogP contribution in [0.3, 0.4) is 0 Å². The van der Waals surface area contributed by atoms with E-state index in [0.717, 1.165) is 83.3 Å². The van der Waals surface area contributed by atoms with E-state index in [4.69, 9.17) is 14.5 Å². The van der Waals surface area contributed by atoms with Crippen LogP contribution in [0.5, 0.6) is 0 Å². The number of piperidine rings is 1. The van der Waals surface area contributed by atoms with E-state index in [1.807, 2.05) is 6.92 Å². The molecule has 0 aromatic carbocycles. The van der Waals surface area contributed by atoms with E-state index in [1.54, 1.807) is 7.11 Å². The fraction of sp³-hybridized carbons (Fsp3) is 0.800. The lowest BCUT2D eigenvalue weighted by molar-refractivity contribution is 0.00990. The molecule has 7 nitrogen and oxygen atoms in total. The molecular weight excluding hydrogens is 342 g/mol. The number of aryl methyl sites for hydroxylation is 3. The van der Waals surface area contributed by atoms with E-state index < -0.39 is 0 Å². The molecule has 154 valence electrons. The predicted octanol–water partition coefficient (Wildman–Crippen LogP) is 2.37. The minimum absolute atomic E-state index is 0.368. The zero-order chi connectivity index (χ0) is 19.5. The van der Waals surface area contributed by atoms with Crippen molar-refractivity contribution in [1.82, 2.24) is 20.0 Å². The second-order valence-corrected chi connectivity index (χ2v) is 7.14. The molecule has 0 saturated carbocycles. The van der Waals surface area contributed by atoms with Gasteiger partial charge >= 0.3 is 0 Å². The maximum atomic E-state index is 5.96. The van der Waals surface area contributed by atoms with Crippen molar-refractivity contribution in [3.8, 4) is 0 Å². The van der Waals surface area contributed by atoms with E-state index in [0.29, 0.717) is 6.10 Å². The highest BCUT2D eigenvalue weighted by Gasteiger charge is 2.21. The van der Waals surface area contributed by atoms with Crippen molar-refractivity contribution in [1.29, 1.82) is 0 Å². The Morgan fingerprint density at radius 3 is 2.67 bits per heavy atom. The molecule has 0 amide bonds. The van der Waals surface area contributed by atoms with Crippen LogP contribution < -0.4 is 5.32 Å². The van der Waals surface area contributed by atoms with Crippen LogP contribution in [0.2, 0.25) is 0 Å². The highest BCUT2D eigenvalue weighted by Crippen LogP contribution is 2.14. The first kappa shape index (κ1) is 21.7. The first-order valence-corrected chi connectivity index (χ1v) is 10.3. The van der Waals surface area contributed by atoms with Crippen LogP contribution in [-0.4, -0.2) is 73.2 Å². The number of methoxy groups -OCH3 is 1. The summed E-state index contributed by atoms with van der Waals surface area (Å²) in [5.41, 5.74) is 2.30. The Morgan fingerprint density at radius 2 is 2.04 bits per heavy atom. The summed E-state index contributed by atoms with van der Waals surface area (Å²) >= 11 is 0. The second-order valence-electron chi connectivity index (χ2n) is 7.14. The SMILES string of the molecule is CCNC(=NCCCn1nc(C)cc1C)N1CCC(OCCCOC)CC1. The van der Waals surface area contributed by atoms with E-state index in [-0.39, 0.29) is 0 Å². The summed E-state index contributed by atoms with van der Waals surface area (Å²) in [4.78, 5) is 7.20. The van der Waals surface area contributed by atoms with Crippen molar-refractivity contribution in [3.05, 3.63) is 17.5 Å². The summed E-state index contributed by atoms with van der Waals surface area (Å²) in [6.45, 7) is 12.4. The van der Waals surface area contributed by atoms with Crippen LogP contribution in [0, 0.1) is 13.8 Å². The monoisotopic (exact) mass is 379 g/mol. The molecule has 27 heavy (non-hydrogen) atoms. The molecule has 1 N–H and O–H groups in total. The summed E-state index contributed by atoms with van der Waals surface area (Å²) in [7, 11) is 1.73. The van der Waals surface area contributed by atoms with Gasteiger partial charge in [0.25, 0.3) is 0 Å². The number of guanidine groups is 1. The largest absolute Gasteiger partial charge is 0.385 e. The Morgan fingerprint density at radius 1 is 1.26 bits per heavy atom. The van der Waals surface area contributed by atoms with Gasteiger partial charge in [0.15, 0.2) is 5.96 Å². The third-order valence-corrected chi connectivity index (χ3v) is 4.82. The zero-order valence-corrected chi connectivity index (χ0v) is 17.5. The summed E-state index contributed by atoms with van der Waals surface area (Å²) in [5, 5.41) is 7.96. The lowest BCUT2D eigenvalue weighted by Gasteiger charge is -2.34. The minimum Gasteiger partial charge on any atom is -0.385 e. The Labute approximate surface area is 164 Å². The van der Waals surface area contributed by atoms with Crippen molar-refractivity contribution in [2.75, 3.05) is 46.5 Å². The van der Waals surface area contributed by atoms with Crippen molar-refractivity contribution in [3.63, 3.8) is 0 Å². The Bertz CT molecular complexity index is 565. The molecule has 1 saturated heterocycles. The van der Waals surface area contributed by atoms with Crippen molar-refractivity contribution in [2.45, 2.75) is 59.1 Å². The number of hydrogen-bond acceptors (Lipinski definition) is 4. The Kier molecular flexibility index (Phi) is 9.62. The molecular formula is C20H37N5O2. The van der Waals surface area contributed by atoms with Gasteiger partial charge in [-0.1, -0.05) is 0 Å². The van der Waals surface area contributed by atoms with Crippen LogP contribution in [0.15, 0.2) is 11.1 Å². The number of likely N-dealkylation sites (tertiary alicyclic amines) is 1. The van der Waals surface area contributed by atoms with E-state index in [1.165, 1.54) is 5.69 Å². The lowest BCUT2D eigenvalue weighted by atomic mass is 10.1. The van der Waals surface area contributed by atoms with Crippen LogP contribution in [-0.2, 0) is 16.0 Å². The van der Waals surface area contributed by atoms with Crippen molar-refractivity contribution in [2.24, 2.45) is 4.99 Å². The molecule has 0 bridgehead atoms. The fourth-order valence-electron chi connectivity index (χ4n) is 3.42. The standard InChI is InChI=1S/C20H37N5O2/c1-5-21-20(22-10-6-11-25-18(3)16-17(2)23-25)24-12-8-19(9-13-24)27-15-7-14-26-4/h16,19H,5-15H2,1-4H3,(H,21,22). The quantitative estimate of drug-likeness (QED) is 0.384. The molecule has 1 aromatic heterocycles. The first-order valence-electron chi connectivity index (χ1n) is 10.3. The summed E-state index contributed by atoms with van der Waals surface area (Å²) < 4.78 is 13.1. The summed E-state index contributed by atoms with van der Waals surface area (Å²) in [6.07, 6.45) is 4.45. The van der Waals surface area contributed by atoms with Gasteiger partial charge < -0.3 is 19.7 Å². The van der Waals surface area contributed by atoms with E-state index >= 15 is 0 Å². The van der Waals surface area contributed by atoms with Crippen LogP contribution in [0.4, 0.5) is 0 Å². The predicted molar refractivity (Wildman–Crippen MR) is 109 cm³/mol. The van der Waals surface area contributed by atoms with Crippen LogP contribution in [0.25, 0.3) is 0 Å². The number of nitrogens with zero attached hydrogens (tertiary/aromatic N) is 4. The van der Waals surface area contributed by atoms with Crippen molar-refractivity contribution < 1.29 is 9.47 Å². The van der Waals surface area contributed by atoms with Crippen LogP contribution >= 0.6 is 0 Å². The molecule has 0 atom stereocenters. The van der Waals surface area contributed by atoms with Gasteiger partial charge in [-0.05, 0) is 52.5 Å². The van der Waals surface area contributed by atoms with Gasteiger partial charge in [0.05, 0.1) is 11.8 Å². The smallest absolute Gasteiger partial charge is 0.193 e. The van der Waals surface area contributed by atoms with Gasteiger partial charge in [0.1, 0.15) is 0 Å². The number of hydrogen-bond donors (Lipinski definition) is 1. The summed E-state index contributed by atoms with van der Waals surface area (Å²) in [5.74, 6) is 1.03. The first-order chi connectivity index (χ1) is 13.1. The molecule has 1 aliphatic heterocycles. The molecule has 2 rings (SSSR count). The minimum atomic E-state index is 0.368. The molecule has 1 aromatic rings. The third-order valence-electron chi connectivity index (χ3n) is 4.82. The second kappa shape index (κ2) is 12.0. The van der Waals surface area contributed by atoms with Crippen molar-refractivity contribution >= 4 is 5.96 Å². The van der Waals surface area contributed by atoms with Gasteiger partial charge in [0, 0.05) is 58.7 Å². The number of ether oxygens (including phenoxy) is 2. The van der Waals surface area contributed by atoms with Crippen LogP contribution in [0.1, 0.15) is 44.0 Å². The molecule has 7 heteroatoms. The van der Waals surface area contributed by atoms with E-state index in [9.17, 15) is 0 Å².